The van der Waals surface area contributed by atoms with Crippen LogP contribution >= 0.6 is 27.5 Å². The van der Waals surface area contributed by atoms with Crippen LogP contribution in [0.1, 0.15) is 15.9 Å². The van der Waals surface area contributed by atoms with Crippen molar-refractivity contribution in [3.05, 3.63) is 68.9 Å². The summed E-state index contributed by atoms with van der Waals surface area (Å²) in [5.74, 6) is -0.793. The molecule has 0 heterocycles. The second kappa shape index (κ2) is 6.17. The molecule has 0 bridgehead atoms. The van der Waals surface area contributed by atoms with Crippen LogP contribution < -0.4 is 5.32 Å². The third kappa shape index (κ3) is 3.78. The Labute approximate surface area is 123 Å². The summed E-state index contributed by atoms with van der Waals surface area (Å²) >= 11 is 9.18. The molecule has 1 N–H and O–H groups in total. The average Bonchev–Trinajstić information content (AvgIpc) is 2.36. The predicted molar refractivity (Wildman–Crippen MR) is 76.7 cm³/mol. The van der Waals surface area contributed by atoms with Crippen LogP contribution in [0.3, 0.4) is 0 Å². The summed E-state index contributed by atoms with van der Waals surface area (Å²) in [7, 11) is 0. The minimum atomic E-state index is -0.464. The number of carbonyl (C=O) groups is 1. The maximum atomic E-state index is 12.9. The van der Waals surface area contributed by atoms with E-state index in [9.17, 15) is 9.18 Å². The Balaban J connectivity index is 2.05. The molecular weight excluding hydrogens is 333 g/mol. The normalized spacial score (nSPS) is 10.3. The molecule has 0 fully saturated rings. The van der Waals surface area contributed by atoms with Gasteiger partial charge in [0.15, 0.2) is 0 Å². The maximum Gasteiger partial charge on any atom is 0.253 e. The molecule has 0 aliphatic rings. The van der Waals surface area contributed by atoms with Gasteiger partial charge in [-0.1, -0.05) is 39.7 Å². The smallest absolute Gasteiger partial charge is 0.253 e. The van der Waals surface area contributed by atoms with Gasteiger partial charge in [0.25, 0.3) is 5.91 Å². The lowest BCUT2D eigenvalue weighted by atomic mass is 10.2. The summed E-state index contributed by atoms with van der Waals surface area (Å²) in [5.41, 5.74) is 1.22. The van der Waals surface area contributed by atoms with Crippen molar-refractivity contribution < 1.29 is 9.18 Å². The molecule has 0 aromatic heterocycles. The highest BCUT2D eigenvalue weighted by molar-refractivity contribution is 9.10. The van der Waals surface area contributed by atoms with Crippen molar-refractivity contribution in [3.63, 3.8) is 0 Å². The second-order valence-electron chi connectivity index (χ2n) is 3.94. The van der Waals surface area contributed by atoms with Gasteiger partial charge < -0.3 is 5.32 Å². The molecule has 0 atom stereocenters. The zero-order valence-electron chi connectivity index (χ0n) is 9.79. The Bertz CT molecular complexity index is 618. The largest absolute Gasteiger partial charge is 0.348 e. The Morgan fingerprint density at radius 3 is 2.74 bits per heavy atom. The Kier molecular flexibility index (Phi) is 4.56. The number of carbonyl (C=O) groups excluding carboxylic acids is 1. The van der Waals surface area contributed by atoms with Crippen LogP contribution in [0.15, 0.2) is 46.9 Å². The first-order chi connectivity index (χ1) is 9.06. The number of halogens is 3. The molecule has 0 unspecified atom stereocenters. The highest BCUT2D eigenvalue weighted by atomic mass is 79.9. The lowest BCUT2D eigenvalue weighted by Crippen LogP contribution is -2.23. The molecule has 0 saturated heterocycles. The Morgan fingerprint density at radius 1 is 1.26 bits per heavy atom. The topological polar surface area (TPSA) is 29.1 Å². The third-order valence-electron chi connectivity index (χ3n) is 2.52. The third-order valence-corrected chi connectivity index (χ3v) is 3.32. The molecule has 0 spiro atoms. The summed E-state index contributed by atoms with van der Waals surface area (Å²) in [4.78, 5) is 11.9. The van der Waals surface area contributed by atoms with Crippen LogP contribution in [0.4, 0.5) is 4.39 Å². The number of nitrogens with one attached hydrogen (secondary N) is 1. The van der Waals surface area contributed by atoms with Crippen molar-refractivity contribution >= 4 is 33.4 Å². The number of hydrogen-bond acceptors (Lipinski definition) is 1. The van der Waals surface area contributed by atoms with E-state index in [4.69, 9.17) is 11.6 Å². The summed E-state index contributed by atoms with van der Waals surface area (Å²) in [6.07, 6.45) is 0. The van der Waals surface area contributed by atoms with Crippen LogP contribution in [0.5, 0.6) is 0 Å². The molecule has 0 saturated carbocycles. The first-order valence-electron chi connectivity index (χ1n) is 5.54. The first kappa shape index (κ1) is 14.0. The van der Waals surface area contributed by atoms with E-state index < -0.39 is 5.82 Å². The van der Waals surface area contributed by atoms with Gasteiger partial charge in [0.2, 0.25) is 0 Å². The van der Waals surface area contributed by atoms with Crippen molar-refractivity contribution in [2.45, 2.75) is 6.54 Å². The second-order valence-corrected chi connectivity index (χ2v) is 5.26. The lowest BCUT2D eigenvalue weighted by molar-refractivity contribution is 0.0951. The van der Waals surface area contributed by atoms with Gasteiger partial charge in [-0.3, -0.25) is 4.79 Å². The summed E-state index contributed by atoms with van der Waals surface area (Å²) in [5, 5.41) is 2.84. The minimum absolute atomic E-state index is 0.103. The molecule has 2 nitrogen and oxygen atoms in total. The van der Waals surface area contributed by atoms with E-state index in [0.717, 1.165) is 16.1 Å². The van der Waals surface area contributed by atoms with E-state index in [1.165, 1.54) is 12.1 Å². The van der Waals surface area contributed by atoms with E-state index in [0.29, 0.717) is 6.54 Å². The van der Waals surface area contributed by atoms with Crippen molar-refractivity contribution in [2.75, 3.05) is 0 Å². The van der Waals surface area contributed by atoms with E-state index in [2.05, 4.69) is 21.2 Å². The fourth-order valence-electron chi connectivity index (χ4n) is 1.60. The molecule has 2 rings (SSSR count). The molecule has 0 aliphatic heterocycles. The molecule has 19 heavy (non-hydrogen) atoms. The summed E-state index contributed by atoms with van der Waals surface area (Å²) < 4.78 is 13.8. The van der Waals surface area contributed by atoms with Crippen LogP contribution in [0.25, 0.3) is 0 Å². The molecule has 1 amide bonds. The maximum absolute atomic E-state index is 12.9. The molecule has 5 heteroatoms. The highest BCUT2D eigenvalue weighted by Gasteiger charge is 2.10. The average molecular weight is 343 g/mol. The molecule has 2 aromatic carbocycles. The fraction of sp³-hybridized carbons (Fsp3) is 0.0714. The van der Waals surface area contributed by atoms with E-state index in [-0.39, 0.29) is 16.5 Å². The van der Waals surface area contributed by atoms with Crippen molar-refractivity contribution in [3.8, 4) is 0 Å². The van der Waals surface area contributed by atoms with Gasteiger partial charge in [-0.2, -0.15) is 0 Å². The fourth-order valence-corrected chi connectivity index (χ4v) is 2.30. The van der Waals surface area contributed by atoms with Crippen LogP contribution in [0, 0.1) is 5.82 Å². The molecule has 0 aliphatic carbocycles. The van der Waals surface area contributed by atoms with E-state index in [1.54, 1.807) is 0 Å². The quantitative estimate of drug-likeness (QED) is 0.891. The van der Waals surface area contributed by atoms with Crippen molar-refractivity contribution in [1.82, 2.24) is 5.32 Å². The van der Waals surface area contributed by atoms with E-state index >= 15 is 0 Å². The SMILES string of the molecule is O=C(NCc1cccc(Br)c1)c1ccc(F)cc1Cl. The zero-order chi connectivity index (χ0) is 13.8. The van der Waals surface area contributed by atoms with Crippen molar-refractivity contribution in [2.24, 2.45) is 0 Å². The standard InChI is InChI=1S/C14H10BrClFNO/c15-10-3-1-2-9(6-10)8-18-14(19)12-5-4-11(17)7-13(12)16/h1-7H,8H2,(H,18,19). The van der Waals surface area contributed by atoms with Gasteiger partial charge >= 0.3 is 0 Å². The van der Waals surface area contributed by atoms with Gasteiger partial charge in [-0.15, -0.1) is 0 Å². The minimum Gasteiger partial charge on any atom is -0.348 e. The van der Waals surface area contributed by atoms with Gasteiger partial charge in [0.05, 0.1) is 10.6 Å². The van der Waals surface area contributed by atoms with Gasteiger partial charge in [-0.25, -0.2) is 4.39 Å². The monoisotopic (exact) mass is 341 g/mol. The van der Waals surface area contributed by atoms with Crippen LogP contribution in [-0.4, -0.2) is 5.91 Å². The number of rotatable bonds is 3. The summed E-state index contributed by atoms with van der Waals surface area (Å²) in [6.45, 7) is 0.381. The zero-order valence-corrected chi connectivity index (χ0v) is 12.1. The summed E-state index contributed by atoms with van der Waals surface area (Å²) in [6, 6.07) is 11.3. The molecule has 0 radical (unpaired) electrons. The van der Waals surface area contributed by atoms with Crippen molar-refractivity contribution in [1.29, 1.82) is 0 Å². The number of amides is 1. The van der Waals surface area contributed by atoms with Crippen LogP contribution in [0.2, 0.25) is 5.02 Å². The molecular formula is C14H10BrClFNO. The van der Waals surface area contributed by atoms with E-state index in [1.807, 2.05) is 24.3 Å². The lowest BCUT2D eigenvalue weighted by Gasteiger charge is -2.07. The Morgan fingerprint density at radius 2 is 2.05 bits per heavy atom. The van der Waals surface area contributed by atoms with Gasteiger partial charge in [0, 0.05) is 11.0 Å². The number of benzene rings is 2. The van der Waals surface area contributed by atoms with Gasteiger partial charge in [-0.05, 0) is 35.9 Å². The first-order valence-corrected chi connectivity index (χ1v) is 6.71. The highest BCUT2D eigenvalue weighted by Crippen LogP contribution is 2.17. The molecule has 98 valence electrons. The molecule has 2 aromatic rings. The van der Waals surface area contributed by atoms with Gasteiger partial charge in [0.1, 0.15) is 5.82 Å². The van der Waals surface area contributed by atoms with Crippen LogP contribution in [-0.2, 0) is 6.54 Å². The predicted octanol–water partition coefficient (Wildman–Crippen LogP) is 4.17. The number of hydrogen-bond donors (Lipinski definition) is 1. The Hall–Kier alpha value is -1.39.